The summed E-state index contributed by atoms with van der Waals surface area (Å²) < 4.78 is 1.93. The Labute approximate surface area is 214 Å². The highest BCUT2D eigenvalue weighted by molar-refractivity contribution is 7.99. The van der Waals surface area contributed by atoms with Crippen molar-refractivity contribution >= 4 is 40.9 Å². The van der Waals surface area contributed by atoms with Crippen molar-refractivity contribution in [3.8, 4) is 0 Å². The number of carbonyl (C=O) groups excluding carboxylic acids is 2. The number of aryl methyl sites for hydroxylation is 2. The third kappa shape index (κ3) is 5.60. The molecular formula is C26H28ClN5O2S. The van der Waals surface area contributed by atoms with Gasteiger partial charge in [-0.3, -0.25) is 9.59 Å². The van der Waals surface area contributed by atoms with E-state index in [0.29, 0.717) is 34.7 Å². The smallest absolute Gasteiger partial charge is 0.255 e. The summed E-state index contributed by atoms with van der Waals surface area (Å²) in [6.07, 6.45) is 3.41. The summed E-state index contributed by atoms with van der Waals surface area (Å²) in [6, 6.07) is 12.7. The first-order valence-corrected chi connectivity index (χ1v) is 12.8. The van der Waals surface area contributed by atoms with Gasteiger partial charge >= 0.3 is 0 Å². The minimum absolute atomic E-state index is 0.117. The van der Waals surface area contributed by atoms with Gasteiger partial charge in [-0.2, -0.15) is 0 Å². The molecule has 2 amide bonds. The van der Waals surface area contributed by atoms with E-state index in [1.54, 1.807) is 24.3 Å². The van der Waals surface area contributed by atoms with Crippen LogP contribution in [0, 0.1) is 13.8 Å². The first kappa shape index (κ1) is 25.0. The molecule has 0 radical (unpaired) electrons. The highest BCUT2D eigenvalue weighted by Crippen LogP contribution is 2.35. The molecule has 1 aromatic heterocycles. The number of rotatable bonds is 8. The third-order valence-corrected chi connectivity index (χ3v) is 7.39. The molecule has 3 aromatic rings. The Morgan fingerprint density at radius 3 is 2.74 bits per heavy atom. The topological polar surface area (TPSA) is 80.1 Å². The highest BCUT2D eigenvalue weighted by Gasteiger charge is 2.35. The maximum absolute atomic E-state index is 13.3. The van der Waals surface area contributed by atoms with E-state index in [9.17, 15) is 9.59 Å². The first-order valence-electron chi connectivity index (χ1n) is 11.5. The third-order valence-electron chi connectivity index (χ3n) is 6.10. The molecule has 1 unspecified atom stereocenters. The van der Waals surface area contributed by atoms with Crippen LogP contribution in [-0.4, -0.2) is 43.8 Å². The summed E-state index contributed by atoms with van der Waals surface area (Å²) in [5, 5.41) is 12.8. The number of allylic oxidation sites excluding steroid dienone is 1. The van der Waals surface area contributed by atoms with Crippen molar-refractivity contribution in [1.29, 1.82) is 0 Å². The number of thioether (sulfide) groups is 1. The van der Waals surface area contributed by atoms with Crippen LogP contribution in [0.5, 0.6) is 0 Å². The molecule has 7 nitrogen and oxygen atoms in total. The number of likely N-dealkylation sites (tertiary alicyclic amines) is 1. The first-order chi connectivity index (χ1) is 16.9. The van der Waals surface area contributed by atoms with Gasteiger partial charge in [0.05, 0.1) is 22.4 Å². The van der Waals surface area contributed by atoms with E-state index >= 15 is 0 Å². The molecular weight excluding hydrogens is 482 g/mol. The van der Waals surface area contributed by atoms with Crippen LogP contribution in [0.2, 0.25) is 5.02 Å². The molecule has 2 heterocycles. The Kier molecular flexibility index (Phi) is 7.93. The molecule has 0 aliphatic carbocycles. The lowest BCUT2D eigenvalue weighted by Gasteiger charge is -2.25. The van der Waals surface area contributed by atoms with Crippen molar-refractivity contribution in [3.63, 3.8) is 0 Å². The monoisotopic (exact) mass is 509 g/mol. The van der Waals surface area contributed by atoms with Gasteiger partial charge in [0.25, 0.3) is 5.91 Å². The van der Waals surface area contributed by atoms with E-state index in [0.717, 1.165) is 24.1 Å². The van der Waals surface area contributed by atoms with Crippen LogP contribution in [-0.2, 0) is 11.3 Å². The van der Waals surface area contributed by atoms with Gasteiger partial charge in [-0.25, -0.2) is 0 Å². The van der Waals surface area contributed by atoms with Gasteiger partial charge in [0, 0.05) is 18.8 Å². The summed E-state index contributed by atoms with van der Waals surface area (Å²) in [5.74, 6) is 0.646. The minimum atomic E-state index is -0.218. The second-order valence-electron chi connectivity index (χ2n) is 8.51. The molecule has 0 bridgehead atoms. The number of nitrogens with one attached hydrogen (secondary N) is 1. The van der Waals surface area contributed by atoms with Gasteiger partial charge in [0.15, 0.2) is 11.0 Å². The Morgan fingerprint density at radius 2 is 2.00 bits per heavy atom. The zero-order chi connectivity index (χ0) is 24.9. The molecule has 0 saturated carbocycles. The van der Waals surface area contributed by atoms with Crippen LogP contribution in [0.3, 0.4) is 0 Å². The summed E-state index contributed by atoms with van der Waals surface area (Å²) in [4.78, 5) is 27.6. The van der Waals surface area contributed by atoms with Crippen LogP contribution >= 0.6 is 23.4 Å². The SMILES string of the molecule is C=CCn1c(SCC(=O)Nc2ccc(C)c(C)c2)nnc1C1CCCN1C(=O)c1ccccc1Cl. The quantitative estimate of drug-likeness (QED) is 0.323. The van der Waals surface area contributed by atoms with E-state index in [4.69, 9.17) is 11.6 Å². The van der Waals surface area contributed by atoms with Crippen LogP contribution < -0.4 is 5.32 Å². The largest absolute Gasteiger partial charge is 0.328 e. The average molecular weight is 510 g/mol. The molecule has 1 saturated heterocycles. The van der Waals surface area contributed by atoms with Gasteiger partial charge in [-0.1, -0.05) is 47.6 Å². The van der Waals surface area contributed by atoms with Crippen molar-refractivity contribution < 1.29 is 9.59 Å². The van der Waals surface area contributed by atoms with Crippen LogP contribution in [0.15, 0.2) is 60.3 Å². The Bertz CT molecular complexity index is 1260. The lowest BCUT2D eigenvalue weighted by molar-refractivity contribution is -0.113. The van der Waals surface area contributed by atoms with Crippen LogP contribution in [0.25, 0.3) is 0 Å². The molecule has 1 aliphatic heterocycles. The van der Waals surface area contributed by atoms with Gasteiger partial charge in [-0.15, -0.1) is 16.8 Å². The summed E-state index contributed by atoms with van der Waals surface area (Å²) >= 11 is 7.60. The Morgan fingerprint density at radius 1 is 1.20 bits per heavy atom. The lowest BCUT2D eigenvalue weighted by Crippen LogP contribution is -2.32. The molecule has 9 heteroatoms. The summed E-state index contributed by atoms with van der Waals surface area (Å²) in [5.41, 5.74) is 3.55. The molecule has 2 aromatic carbocycles. The van der Waals surface area contributed by atoms with E-state index in [-0.39, 0.29) is 23.6 Å². The predicted octanol–water partition coefficient (Wildman–Crippen LogP) is 5.44. The standard InChI is InChI=1S/C26H28ClN5O2S/c1-4-13-32-24(22-10-7-14-31(22)25(34)20-8-5-6-9-21(20)27)29-30-26(32)35-16-23(33)28-19-12-11-17(2)18(3)15-19/h4-6,8-9,11-12,15,22H,1,7,10,13-14,16H2,2-3H3,(H,28,33). The van der Waals surface area contributed by atoms with E-state index in [1.807, 2.05) is 47.6 Å². The zero-order valence-electron chi connectivity index (χ0n) is 19.8. The molecule has 1 N–H and O–H groups in total. The van der Waals surface area contributed by atoms with Crippen LogP contribution in [0.1, 0.15) is 46.2 Å². The number of aromatic nitrogens is 3. The number of benzene rings is 2. The number of amides is 2. The fraction of sp³-hybridized carbons (Fsp3) is 0.308. The second kappa shape index (κ2) is 11.1. The molecule has 1 atom stereocenters. The molecule has 1 aliphatic rings. The van der Waals surface area contributed by atoms with Gasteiger partial charge in [-0.05, 0) is 62.1 Å². The predicted molar refractivity (Wildman–Crippen MR) is 140 cm³/mol. The average Bonchev–Trinajstić information content (AvgIpc) is 3.47. The Balaban J connectivity index is 1.49. The number of hydrogen-bond acceptors (Lipinski definition) is 5. The molecule has 182 valence electrons. The number of halogens is 1. The van der Waals surface area contributed by atoms with Gasteiger partial charge < -0.3 is 14.8 Å². The normalized spacial score (nSPS) is 15.3. The van der Waals surface area contributed by atoms with Crippen molar-refractivity contribution in [2.24, 2.45) is 0 Å². The maximum Gasteiger partial charge on any atom is 0.255 e. The number of hydrogen-bond donors (Lipinski definition) is 1. The maximum atomic E-state index is 13.3. The molecule has 0 spiro atoms. The molecule has 1 fully saturated rings. The second-order valence-corrected chi connectivity index (χ2v) is 9.86. The van der Waals surface area contributed by atoms with E-state index in [1.165, 1.54) is 17.3 Å². The van der Waals surface area contributed by atoms with Gasteiger partial charge in [0.2, 0.25) is 5.91 Å². The fourth-order valence-electron chi connectivity index (χ4n) is 4.17. The van der Waals surface area contributed by atoms with Crippen molar-refractivity contribution in [2.45, 2.75) is 44.4 Å². The molecule has 4 rings (SSSR count). The fourth-order valence-corrected chi connectivity index (χ4v) is 5.14. The van der Waals surface area contributed by atoms with Gasteiger partial charge in [0.1, 0.15) is 0 Å². The van der Waals surface area contributed by atoms with Crippen molar-refractivity contribution in [1.82, 2.24) is 19.7 Å². The van der Waals surface area contributed by atoms with Crippen molar-refractivity contribution in [3.05, 3.63) is 82.7 Å². The van der Waals surface area contributed by atoms with Crippen molar-refractivity contribution in [2.75, 3.05) is 17.6 Å². The number of anilines is 1. The highest BCUT2D eigenvalue weighted by atomic mass is 35.5. The van der Waals surface area contributed by atoms with E-state index in [2.05, 4.69) is 22.1 Å². The summed E-state index contributed by atoms with van der Waals surface area (Å²) in [6.45, 7) is 9.01. The number of nitrogens with zero attached hydrogens (tertiary/aromatic N) is 4. The zero-order valence-corrected chi connectivity index (χ0v) is 21.4. The van der Waals surface area contributed by atoms with Crippen LogP contribution in [0.4, 0.5) is 5.69 Å². The minimum Gasteiger partial charge on any atom is -0.328 e. The van der Waals surface area contributed by atoms with E-state index < -0.39 is 0 Å². The number of carbonyl (C=O) groups is 2. The lowest BCUT2D eigenvalue weighted by atomic mass is 10.1. The molecule has 35 heavy (non-hydrogen) atoms. The summed E-state index contributed by atoms with van der Waals surface area (Å²) in [7, 11) is 0. The Hall–Kier alpha value is -3.10.